The normalized spacial score (nSPS) is 12.6. The van der Waals surface area contributed by atoms with E-state index in [2.05, 4.69) is 18.3 Å². The fourth-order valence-electron chi connectivity index (χ4n) is 0.539. The van der Waals surface area contributed by atoms with Crippen molar-refractivity contribution in [3.8, 4) is 0 Å². The molecule has 1 nitrogen and oxygen atoms in total. The first-order valence-electron chi connectivity index (χ1n) is 2.78. The number of nitrogens with one attached hydrogen (secondary N) is 1. The minimum atomic E-state index is 1.25. The van der Waals surface area contributed by atoms with Crippen LogP contribution in [0.15, 0.2) is 23.9 Å². The van der Waals surface area contributed by atoms with E-state index in [9.17, 15) is 0 Å². The van der Waals surface area contributed by atoms with Crippen LogP contribution in [0.4, 0.5) is 0 Å². The monoisotopic (exact) mass is 111 g/mol. The molecular weight excluding hydrogens is 98.1 g/mol. The third-order valence-corrected chi connectivity index (χ3v) is 0.802. The Morgan fingerprint density at radius 3 is 2.50 bits per heavy atom. The lowest BCUT2D eigenvalue weighted by Gasteiger charge is -1.88. The van der Waals surface area contributed by atoms with Crippen molar-refractivity contribution in [3.05, 3.63) is 23.9 Å². The van der Waals surface area contributed by atoms with Gasteiger partial charge in [0.2, 0.25) is 0 Å². The summed E-state index contributed by atoms with van der Waals surface area (Å²) >= 11 is 0. The lowest BCUT2D eigenvalue weighted by Crippen LogP contribution is -1.92. The Kier molecular flexibility index (Phi) is 4.04. The summed E-state index contributed by atoms with van der Waals surface area (Å²) in [5.41, 5.74) is 1.25. The maximum absolute atomic E-state index is 2.94. The Morgan fingerprint density at radius 2 is 2.12 bits per heavy atom. The largest absolute Gasteiger partial charge is 0.394 e. The van der Waals surface area contributed by atoms with Crippen LogP contribution in [0.3, 0.4) is 0 Å². The third kappa shape index (κ3) is 3.47. The molecule has 0 aromatic rings. The van der Waals surface area contributed by atoms with Gasteiger partial charge in [0.25, 0.3) is 0 Å². The summed E-state index contributed by atoms with van der Waals surface area (Å²) in [6.45, 7) is 4.06. The minimum Gasteiger partial charge on any atom is -0.394 e. The highest BCUT2D eigenvalue weighted by molar-refractivity contribution is 5.13. The number of rotatable bonds is 2. The summed E-state index contributed by atoms with van der Waals surface area (Å²) in [6.07, 6.45) is 6.03. The maximum atomic E-state index is 2.94. The molecule has 0 heterocycles. The van der Waals surface area contributed by atoms with Crippen molar-refractivity contribution >= 4 is 0 Å². The smallest absolute Gasteiger partial charge is 0.00277 e. The zero-order chi connectivity index (χ0) is 6.41. The molecule has 1 N–H and O–H groups in total. The summed E-state index contributed by atoms with van der Waals surface area (Å²) < 4.78 is 0. The molecule has 0 radical (unpaired) electrons. The van der Waals surface area contributed by atoms with E-state index in [1.54, 1.807) is 0 Å². The van der Waals surface area contributed by atoms with Gasteiger partial charge in [-0.1, -0.05) is 12.2 Å². The molecule has 0 aliphatic heterocycles. The topological polar surface area (TPSA) is 12.0 Å². The van der Waals surface area contributed by atoms with Crippen LogP contribution in [0, 0.1) is 0 Å². The zero-order valence-electron chi connectivity index (χ0n) is 5.73. The quantitative estimate of drug-likeness (QED) is 0.535. The van der Waals surface area contributed by atoms with Gasteiger partial charge in [0.05, 0.1) is 0 Å². The Balaban J connectivity index is 3.61. The Bertz CT molecular complexity index is 101. The average molecular weight is 111 g/mol. The van der Waals surface area contributed by atoms with Gasteiger partial charge in [-0.15, -0.1) is 0 Å². The summed E-state index contributed by atoms with van der Waals surface area (Å²) in [4.78, 5) is 0. The number of allylic oxidation sites excluding steroid dienone is 3. The third-order valence-electron chi connectivity index (χ3n) is 0.802. The van der Waals surface area contributed by atoms with Gasteiger partial charge < -0.3 is 5.32 Å². The molecule has 46 valence electrons. The van der Waals surface area contributed by atoms with Crippen LogP contribution in [0.5, 0.6) is 0 Å². The second-order valence-corrected chi connectivity index (χ2v) is 1.68. The summed E-state index contributed by atoms with van der Waals surface area (Å²) in [5, 5.41) is 2.94. The first kappa shape index (κ1) is 7.28. The predicted molar refractivity (Wildman–Crippen MR) is 37.6 cm³/mol. The molecule has 0 saturated heterocycles. The van der Waals surface area contributed by atoms with Gasteiger partial charge in [-0.2, -0.15) is 0 Å². The molecule has 0 rings (SSSR count). The highest BCUT2D eigenvalue weighted by atomic mass is 14.8. The van der Waals surface area contributed by atoms with Crippen LogP contribution >= 0.6 is 0 Å². The van der Waals surface area contributed by atoms with Gasteiger partial charge in [-0.3, -0.25) is 0 Å². The van der Waals surface area contributed by atoms with E-state index in [0.29, 0.717) is 0 Å². The second kappa shape index (κ2) is 4.44. The molecule has 8 heavy (non-hydrogen) atoms. The van der Waals surface area contributed by atoms with E-state index >= 15 is 0 Å². The molecule has 0 aromatic carbocycles. The van der Waals surface area contributed by atoms with Crippen LogP contribution in [-0.4, -0.2) is 7.05 Å². The maximum Gasteiger partial charge on any atom is 0.00277 e. The molecule has 0 amide bonds. The number of hydrogen-bond donors (Lipinski definition) is 1. The lowest BCUT2D eigenvalue weighted by atomic mass is 10.3. The molecule has 0 spiro atoms. The second-order valence-electron chi connectivity index (χ2n) is 1.68. The molecule has 0 aliphatic carbocycles. The molecular formula is C7H13N. The van der Waals surface area contributed by atoms with Crippen LogP contribution in [0.25, 0.3) is 0 Å². The van der Waals surface area contributed by atoms with Gasteiger partial charge in [0.15, 0.2) is 0 Å². The van der Waals surface area contributed by atoms with Gasteiger partial charge in [-0.25, -0.2) is 0 Å². The van der Waals surface area contributed by atoms with Crippen molar-refractivity contribution in [1.29, 1.82) is 0 Å². The van der Waals surface area contributed by atoms with Crippen molar-refractivity contribution in [3.63, 3.8) is 0 Å². The first-order chi connectivity index (χ1) is 3.81. The molecule has 0 bridgehead atoms. The van der Waals surface area contributed by atoms with E-state index in [-0.39, 0.29) is 0 Å². The average Bonchev–Trinajstić information content (AvgIpc) is 1.68. The van der Waals surface area contributed by atoms with E-state index in [1.165, 1.54) is 5.57 Å². The molecule has 0 aromatic heterocycles. The summed E-state index contributed by atoms with van der Waals surface area (Å²) in [5.74, 6) is 0. The van der Waals surface area contributed by atoms with Crippen LogP contribution in [0.1, 0.15) is 13.8 Å². The van der Waals surface area contributed by atoms with Crippen LogP contribution < -0.4 is 5.32 Å². The SMILES string of the molecule is C/C=C\C(C)=C/NC. The van der Waals surface area contributed by atoms with Gasteiger partial charge in [0, 0.05) is 7.05 Å². The van der Waals surface area contributed by atoms with E-state index in [4.69, 9.17) is 0 Å². The standard InChI is InChI=1S/C7H13N/c1-4-5-7(2)6-8-3/h4-6,8H,1-3H3/b5-4-,7-6-. The molecule has 0 fully saturated rings. The van der Waals surface area contributed by atoms with Crippen LogP contribution in [-0.2, 0) is 0 Å². The Labute approximate surface area is 51.1 Å². The Morgan fingerprint density at radius 1 is 1.50 bits per heavy atom. The molecule has 0 saturated carbocycles. The van der Waals surface area contributed by atoms with Crippen LogP contribution in [0.2, 0.25) is 0 Å². The Hall–Kier alpha value is -0.720. The fraction of sp³-hybridized carbons (Fsp3) is 0.429. The van der Waals surface area contributed by atoms with Crippen molar-refractivity contribution < 1.29 is 0 Å². The molecule has 1 heteroatoms. The number of hydrogen-bond acceptors (Lipinski definition) is 1. The predicted octanol–water partition coefficient (Wildman–Crippen LogP) is 1.69. The minimum absolute atomic E-state index is 1.25. The molecule has 0 atom stereocenters. The van der Waals surface area contributed by atoms with Crippen molar-refractivity contribution in [2.75, 3.05) is 7.05 Å². The highest BCUT2D eigenvalue weighted by Gasteiger charge is 1.73. The molecule has 0 aliphatic rings. The zero-order valence-corrected chi connectivity index (χ0v) is 5.73. The van der Waals surface area contributed by atoms with Crippen molar-refractivity contribution in [2.24, 2.45) is 0 Å². The summed E-state index contributed by atoms with van der Waals surface area (Å²) in [7, 11) is 1.90. The van der Waals surface area contributed by atoms with Crippen molar-refractivity contribution in [2.45, 2.75) is 13.8 Å². The highest BCUT2D eigenvalue weighted by Crippen LogP contribution is 1.89. The van der Waals surface area contributed by atoms with Gasteiger partial charge in [-0.05, 0) is 25.6 Å². The van der Waals surface area contributed by atoms with E-state index in [0.717, 1.165) is 0 Å². The van der Waals surface area contributed by atoms with E-state index < -0.39 is 0 Å². The first-order valence-corrected chi connectivity index (χ1v) is 2.78. The lowest BCUT2D eigenvalue weighted by molar-refractivity contribution is 1.08. The summed E-state index contributed by atoms with van der Waals surface area (Å²) in [6, 6.07) is 0. The fourth-order valence-corrected chi connectivity index (χ4v) is 0.539. The van der Waals surface area contributed by atoms with Gasteiger partial charge in [0.1, 0.15) is 0 Å². The van der Waals surface area contributed by atoms with Gasteiger partial charge >= 0.3 is 0 Å². The van der Waals surface area contributed by atoms with E-state index in [1.807, 2.05) is 26.2 Å². The van der Waals surface area contributed by atoms with Crippen molar-refractivity contribution in [1.82, 2.24) is 5.32 Å². The molecule has 0 unspecified atom stereocenters.